The number of carbonyl (C=O) groups is 1. The van der Waals surface area contributed by atoms with Crippen LogP contribution in [0.3, 0.4) is 0 Å². The van der Waals surface area contributed by atoms with Crippen molar-refractivity contribution in [2.45, 2.75) is 39.5 Å². The molecule has 2 aromatic rings. The summed E-state index contributed by atoms with van der Waals surface area (Å²) in [5, 5.41) is 9.32. The van der Waals surface area contributed by atoms with Gasteiger partial charge in [-0.15, -0.1) is 0 Å². The zero-order valence-corrected chi connectivity index (χ0v) is 13.0. The molecule has 21 heavy (non-hydrogen) atoms. The molecule has 1 aromatic carbocycles. The fraction of sp³-hybridized carbons (Fsp3) is 0.333. The number of aromatic nitrogens is 1. The molecule has 110 valence electrons. The van der Waals surface area contributed by atoms with Gasteiger partial charge < -0.3 is 5.11 Å². The van der Waals surface area contributed by atoms with E-state index in [0.29, 0.717) is 5.69 Å². The first-order valence-electron chi connectivity index (χ1n) is 7.17. The Balaban J connectivity index is 2.53. The highest BCUT2D eigenvalue weighted by atomic mass is 16.4. The van der Waals surface area contributed by atoms with Gasteiger partial charge in [0.25, 0.3) is 0 Å². The zero-order chi connectivity index (χ0) is 15.6. The van der Waals surface area contributed by atoms with Crippen LogP contribution in [-0.2, 0) is 11.8 Å². The summed E-state index contributed by atoms with van der Waals surface area (Å²) in [5.74, 6) is -0.930. The van der Waals surface area contributed by atoms with Gasteiger partial charge in [0.2, 0.25) is 0 Å². The Bertz CT molecular complexity index is 652. The molecule has 3 nitrogen and oxygen atoms in total. The summed E-state index contributed by atoms with van der Waals surface area (Å²) >= 11 is 0. The van der Waals surface area contributed by atoms with Crippen LogP contribution in [0.15, 0.2) is 36.4 Å². The number of carboxylic acid groups (broad SMARTS) is 1. The monoisotopic (exact) mass is 283 g/mol. The van der Waals surface area contributed by atoms with E-state index in [2.05, 4.69) is 24.0 Å². The van der Waals surface area contributed by atoms with Crippen LogP contribution in [-0.4, -0.2) is 16.1 Å². The molecule has 3 heteroatoms. The zero-order valence-electron chi connectivity index (χ0n) is 13.0. The number of carboxylic acids is 1. The number of hydrogen-bond acceptors (Lipinski definition) is 2. The molecule has 1 N–H and O–H groups in total. The minimum Gasteiger partial charge on any atom is -0.478 e. The van der Waals surface area contributed by atoms with Crippen molar-refractivity contribution in [3.05, 3.63) is 53.2 Å². The molecular weight excluding hydrogens is 262 g/mol. The third-order valence-corrected chi connectivity index (χ3v) is 3.49. The molecule has 0 aliphatic heterocycles. The summed E-state index contributed by atoms with van der Waals surface area (Å²) in [6.45, 7) is 8.05. The highest BCUT2D eigenvalue weighted by molar-refractivity contribution is 5.89. The third kappa shape index (κ3) is 3.30. The van der Waals surface area contributed by atoms with E-state index >= 15 is 0 Å². The average Bonchev–Trinajstić information content (AvgIpc) is 2.45. The lowest BCUT2D eigenvalue weighted by molar-refractivity contribution is 0.0693. The second-order valence-corrected chi connectivity index (χ2v) is 6.20. The van der Waals surface area contributed by atoms with Gasteiger partial charge >= 0.3 is 5.97 Å². The van der Waals surface area contributed by atoms with Crippen molar-refractivity contribution in [1.82, 2.24) is 4.98 Å². The molecule has 0 aliphatic carbocycles. The quantitative estimate of drug-likeness (QED) is 0.913. The third-order valence-electron chi connectivity index (χ3n) is 3.49. The normalized spacial score (nSPS) is 11.4. The molecule has 0 radical (unpaired) electrons. The summed E-state index contributed by atoms with van der Waals surface area (Å²) in [7, 11) is 0. The van der Waals surface area contributed by atoms with E-state index in [0.717, 1.165) is 17.7 Å². The lowest BCUT2D eigenvalue weighted by Gasteiger charge is -2.21. The number of nitrogens with zero attached hydrogens (tertiary/aromatic N) is 1. The first-order valence-corrected chi connectivity index (χ1v) is 7.17. The molecule has 0 fully saturated rings. The van der Waals surface area contributed by atoms with E-state index in [-0.39, 0.29) is 11.0 Å². The van der Waals surface area contributed by atoms with Crippen molar-refractivity contribution in [3.8, 4) is 11.3 Å². The van der Waals surface area contributed by atoms with Crippen LogP contribution in [0.4, 0.5) is 0 Å². The van der Waals surface area contributed by atoms with Gasteiger partial charge in [0.15, 0.2) is 0 Å². The lowest BCUT2D eigenvalue weighted by atomic mass is 9.88. The minimum absolute atomic E-state index is 0.274. The van der Waals surface area contributed by atoms with Gasteiger partial charge in [-0.25, -0.2) is 4.79 Å². The van der Waals surface area contributed by atoms with Crippen LogP contribution in [0, 0.1) is 0 Å². The number of benzene rings is 1. The predicted molar refractivity (Wildman–Crippen MR) is 84.7 cm³/mol. The van der Waals surface area contributed by atoms with Gasteiger partial charge in [0, 0.05) is 11.0 Å². The van der Waals surface area contributed by atoms with Crippen molar-refractivity contribution in [1.29, 1.82) is 0 Å². The Morgan fingerprint density at radius 2 is 1.71 bits per heavy atom. The van der Waals surface area contributed by atoms with E-state index in [4.69, 9.17) is 0 Å². The van der Waals surface area contributed by atoms with Crippen molar-refractivity contribution in [2.75, 3.05) is 0 Å². The first kappa shape index (κ1) is 15.2. The van der Waals surface area contributed by atoms with Crippen molar-refractivity contribution in [2.24, 2.45) is 0 Å². The molecule has 0 atom stereocenters. The maximum Gasteiger partial charge on any atom is 0.337 e. The van der Waals surface area contributed by atoms with Gasteiger partial charge in [-0.3, -0.25) is 4.98 Å². The highest BCUT2D eigenvalue weighted by Gasteiger charge is 2.23. The number of rotatable bonds is 3. The molecule has 0 unspecified atom stereocenters. The summed E-state index contributed by atoms with van der Waals surface area (Å²) in [6.07, 6.45) is 0.999. The fourth-order valence-corrected chi connectivity index (χ4v) is 2.28. The van der Waals surface area contributed by atoms with Gasteiger partial charge in [-0.1, -0.05) is 52.0 Å². The van der Waals surface area contributed by atoms with E-state index in [1.807, 2.05) is 32.9 Å². The molecule has 1 aromatic heterocycles. The average molecular weight is 283 g/mol. The van der Waals surface area contributed by atoms with Gasteiger partial charge in [0.05, 0.1) is 17.0 Å². The summed E-state index contributed by atoms with van der Waals surface area (Å²) in [5.41, 5.74) is 3.68. The van der Waals surface area contributed by atoms with E-state index in [1.165, 1.54) is 5.56 Å². The fourth-order valence-electron chi connectivity index (χ4n) is 2.28. The van der Waals surface area contributed by atoms with Crippen LogP contribution in [0.2, 0.25) is 0 Å². The van der Waals surface area contributed by atoms with Crippen LogP contribution < -0.4 is 0 Å². The second kappa shape index (κ2) is 5.68. The smallest absolute Gasteiger partial charge is 0.337 e. The van der Waals surface area contributed by atoms with Gasteiger partial charge in [0.1, 0.15) is 0 Å². The summed E-state index contributed by atoms with van der Waals surface area (Å²) in [6, 6.07) is 11.7. The second-order valence-electron chi connectivity index (χ2n) is 6.20. The number of aryl methyl sites for hydroxylation is 1. The van der Waals surface area contributed by atoms with E-state index < -0.39 is 5.97 Å². The molecule has 0 spiro atoms. The first-order chi connectivity index (χ1) is 9.82. The van der Waals surface area contributed by atoms with Crippen LogP contribution in [0.5, 0.6) is 0 Å². The Hall–Kier alpha value is -2.16. The minimum atomic E-state index is -0.930. The molecule has 2 rings (SSSR count). The van der Waals surface area contributed by atoms with E-state index in [1.54, 1.807) is 12.1 Å². The van der Waals surface area contributed by atoms with E-state index in [9.17, 15) is 9.90 Å². The van der Waals surface area contributed by atoms with Crippen molar-refractivity contribution in [3.63, 3.8) is 0 Å². The Morgan fingerprint density at radius 3 is 2.19 bits per heavy atom. The summed E-state index contributed by atoms with van der Waals surface area (Å²) in [4.78, 5) is 16.0. The highest BCUT2D eigenvalue weighted by Crippen LogP contribution is 2.27. The molecule has 1 heterocycles. The number of pyridine rings is 1. The summed E-state index contributed by atoms with van der Waals surface area (Å²) < 4.78 is 0. The predicted octanol–water partition coefficient (Wildman–Crippen LogP) is 4.31. The molecule has 0 aliphatic rings. The lowest BCUT2D eigenvalue weighted by Crippen LogP contribution is -2.19. The molecule has 0 amide bonds. The molecule has 0 saturated heterocycles. The van der Waals surface area contributed by atoms with Crippen LogP contribution >= 0.6 is 0 Å². The Morgan fingerprint density at radius 1 is 1.10 bits per heavy atom. The SMILES string of the molecule is CCc1ccc(-c2ccc(C(=O)O)c(C(C)(C)C)n2)cc1. The number of hydrogen-bond donors (Lipinski definition) is 1. The molecule has 0 bridgehead atoms. The maximum absolute atomic E-state index is 11.4. The molecule has 0 saturated carbocycles. The molecular formula is C18H21NO2. The maximum atomic E-state index is 11.4. The number of aromatic carboxylic acids is 1. The van der Waals surface area contributed by atoms with Crippen molar-refractivity contribution >= 4 is 5.97 Å². The largest absolute Gasteiger partial charge is 0.478 e. The van der Waals surface area contributed by atoms with Crippen LogP contribution in [0.25, 0.3) is 11.3 Å². The Kier molecular flexibility index (Phi) is 4.12. The Labute approximate surface area is 125 Å². The van der Waals surface area contributed by atoms with Crippen molar-refractivity contribution < 1.29 is 9.90 Å². The van der Waals surface area contributed by atoms with Gasteiger partial charge in [-0.05, 0) is 24.1 Å². The topological polar surface area (TPSA) is 50.2 Å². The van der Waals surface area contributed by atoms with Gasteiger partial charge in [-0.2, -0.15) is 0 Å². The van der Waals surface area contributed by atoms with Crippen LogP contribution in [0.1, 0.15) is 49.3 Å². The standard InChI is InChI=1S/C18H21NO2/c1-5-12-6-8-13(9-7-12)15-11-10-14(17(20)21)16(19-15)18(2,3)4/h6-11H,5H2,1-4H3,(H,20,21).